The van der Waals surface area contributed by atoms with E-state index in [-0.39, 0.29) is 12.2 Å². The fraction of sp³-hybridized carbons (Fsp3) is 0.308. The molecule has 1 aliphatic heterocycles. The first-order chi connectivity index (χ1) is 8.95. The molecule has 100 valence electrons. The van der Waals surface area contributed by atoms with Gasteiger partial charge in [-0.05, 0) is 24.6 Å². The van der Waals surface area contributed by atoms with Crippen LogP contribution in [0, 0.1) is 0 Å². The number of ketones is 1. The molecule has 2 amide bonds. The van der Waals surface area contributed by atoms with Crippen molar-refractivity contribution in [1.82, 2.24) is 0 Å². The Bertz CT molecular complexity index is 568. The van der Waals surface area contributed by atoms with Crippen LogP contribution in [0.15, 0.2) is 18.2 Å². The number of rotatable bonds is 2. The summed E-state index contributed by atoms with van der Waals surface area (Å²) in [6, 6.07) is 4.97. The van der Waals surface area contributed by atoms with Gasteiger partial charge in [0, 0.05) is 13.5 Å². The van der Waals surface area contributed by atoms with Gasteiger partial charge in [0.15, 0.2) is 6.10 Å². The van der Waals surface area contributed by atoms with Crippen LogP contribution in [-0.2, 0) is 20.9 Å². The molecule has 0 aromatic heterocycles. The molecule has 0 spiro atoms. The number of imide groups is 1. The Kier molecular flexibility index (Phi) is 3.35. The van der Waals surface area contributed by atoms with Crippen molar-refractivity contribution >= 4 is 23.3 Å². The van der Waals surface area contributed by atoms with E-state index >= 15 is 0 Å². The molecule has 0 fully saturated rings. The van der Waals surface area contributed by atoms with E-state index in [1.807, 2.05) is 0 Å². The van der Waals surface area contributed by atoms with Gasteiger partial charge in [0.25, 0.3) is 5.91 Å². The first-order valence-corrected chi connectivity index (χ1v) is 5.84. The molecule has 1 atom stereocenters. The van der Waals surface area contributed by atoms with Gasteiger partial charge < -0.3 is 10.5 Å². The zero-order valence-corrected chi connectivity index (χ0v) is 10.7. The van der Waals surface area contributed by atoms with Gasteiger partial charge in [-0.2, -0.15) is 0 Å². The molecule has 1 unspecified atom stereocenters. The number of ether oxygens (including phenoxy) is 1. The molecule has 1 aromatic rings. The second kappa shape index (κ2) is 4.81. The summed E-state index contributed by atoms with van der Waals surface area (Å²) >= 11 is 0. The molecule has 0 aliphatic carbocycles. The number of benzene rings is 1. The topological polar surface area (TPSA) is 89.7 Å². The number of nitrogens with zero attached hydrogens (tertiary/aromatic N) is 1. The Labute approximate surface area is 110 Å². The third kappa shape index (κ3) is 2.22. The number of nitrogens with two attached hydrogens (primary N) is 1. The van der Waals surface area contributed by atoms with E-state index in [9.17, 15) is 14.4 Å². The summed E-state index contributed by atoms with van der Waals surface area (Å²) in [6.07, 6.45) is -0.806. The Hall–Kier alpha value is -2.21. The number of fused-ring (bicyclic) bond motifs is 1. The van der Waals surface area contributed by atoms with E-state index in [0.717, 1.165) is 17.4 Å². The summed E-state index contributed by atoms with van der Waals surface area (Å²) in [7, 11) is 0. The van der Waals surface area contributed by atoms with Crippen molar-refractivity contribution in [3.63, 3.8) is 0 Å². The molecular weight excluding hydrogens is 248 g/mol. The summed E-state index contributed by atoms with van der Waals surface area (Å²) in [4.78, 5) is 36.0. The molecule has 0 radical (unpaired) electrons. The predicted molar refractivity (Wildman–Crippen MR) is 67.6 cm³/mol. The summed E-state index contributed by atoms with van der Waals surface area (Å²) < 4.78 is 5.41. The molecule has 1 aromatic carbocycles. The molecule has 0 bridgehead atoms. The quantitative estimate of drug-likeness (QED) is 0.778. The van der Waals surface area contributed by atoms with Crippen molar-refractivity contribution in [2.75, 3.05) is 4.90 Å². The minimum Gasteiger partial charge on any atom is -0.479 e. The average molecular weight is 262 g/mol. The van der Waals surface area contributed by atoms with Crippen LogP contribution in [0.25, 0.3) is 0 Å². The maximum Gasteiger partial charge on any atom is 0.301 e. The molecular formula is C13H14N2O4. The van der Waals surface area contributed by atoms with Crippen LogP contribution < -0.4 is 15.4 Å². The minimum absolute atomic E-state index is 0.263. The molecule has 6 heteroatoms. The van der Waals surface area contributed by atoms with Crippen LogP contribution in [0.3, 0.4) is 0 Å². The fourth-order valence-corrected chi connectivity index (χ4v) is 1.87. The van der Waals surface area contributed by atoms with E-state index in [2.05, 4.69) is 0 Å². The first-order valence-electron chi connectivity index (χ1n) is 5.84. The Morgan fingerprint density at radius 1 is 1.42 bits per heavy atom. The van der Waals surface area contributed by atoms with Gasteiger partial charge in [0.1, 0.15) is 5.75 Å². The van der Waals surface area contributed by atoms with Gasteiger partial charge in [-0.3, -0.25) is 14.4 Å². The number of Topliss-reactive ketones (excluding diaryl/α,β-unsaturated/α-hetero) is 1. The van der Waals surface area contributed by atoms with Crippen molar-refractivity contribution in [3.05, 3.63) is 23.8 Å². The summed E-state index contributed by atoms with van der Waals surface area (Å²) in [5.74, 6) is -1.73. The van der Waals surface area contributed by atoms with E-state index in [1.54, 1.807) is 18.2 Å². The number of hydrogen-bond donors (Lipinski definition) is 1. The van der Waals surface area contributed by atoms with Crippen molar-refractivity contribution in [2.24, 2.45) is 5.73 Å². The van der Waals surface area contributed by atoms with Crippen molar-refractivity contribution in [3.8, 4) is 5.75 Å². The van der Waals surface area contributed by atoms with Gasteiger partial charge in [-0.15, -0.1) is 0 Å². The Morgan fingerprint density at radius 3 is 2.68 bits per heavy atom. The SMILES string of the molecule is CC(=O)C(=O)N1C(=O)C(C)Oc2ccc(CN)cc21. The molecule has 0 saturated carbocycles. The highest BCUT2D eigenvalue weighted by Crippen LogP contribution is 2.35. The molecule has 0 saturated heterocycles. The third-order valence-corrected chi connectivity index (χ3v) is 2.88. The van der Waals surface area contributed by atoms with Gasteiger partial charge in [-0.1, -0.05) is 6.07 Å². The zero-order valence-electron chi connectivity index (χ0n) is 10.7. The first kappa shape index (κ1) is 13.2. The van der Waals surface area contributed by atoms with Crippen molar-refractivity contribution in [1.29, 1.82) is 0 Å². The summed E-state index contributed by atoms with van der Waals surface area (Å²) in [5, 5.41) is 0. The van der Waals surface area contributed by atoms with Crippen molar-refractivity contribution in [2.45, 2.75) is 26.5 Å². The second-order valence-electron chi connectivity index (χ2n) is 4.30. The second-order valence-corrected chi connectivity index (χ2v) is 4.30. The smallest absolute Gasteiger partial charge is 0.301 e. The lowest BCUT2D eigenvalue weighted by molar-refractivity contribution is -0.139. The summed E-state index contributed by atoms with van der Waals surface area (Å²) in [5.41, 5.74) is 6.54. The van der Waals surface area contributed by atoms with E-state index < -0.39 is 23.7 Å². The number of carbonyl (C=O) groups excluding carboxylic acids is 3. The van der Waals surface area contributed by atoms with Gasteiger partial charge >= 0.3 is 5.91 Å². The van der Waals surface area contributed by atoms with E-state index in [0.29, 0.717) is 5.75 Å². The molecule has 19 heavy (non-hydrogen) atoms. The average Bonchev–Trinajstić information content (AvgIpc) is 2.39. The molecule has 6 nitrogen and oxygen atoms in total. The van der Waals surface area contributed by atoms with Gasteiger partial charge in [-0.25, -0.2) is 4.90 Å². The fourth-order valence-electron chi connectivity index (χ4n) is 1.87. The highest BCUT2D eigenvalue weighted by molar-refractivity contribution is 6.46. The van der Waals surface area contributed by atoms with E-state index in [1.165, 1.54) is 6.92 Å². The van der Waals surface area contributed by atoms with E-state index in [4.69, 9.17) is 10.5 Å². The third-order valence-electron chi connectivity index (χ3n) is 2.88. The Balaban J connectivity index is 2.56. The number of amides is 2. The molecule has 1 heterocycles. The predicted octanol–water partition coefficient (Wildman–Crippen LogP) is 0.375. The normalized spacial score (nSPS) is 17.7. The van der Waals surface area contributed by atoms with Crippen LogP contribution in [-0.4, -0.2) is 23.7 Å². The number of carbonyl (C=O) groups is 3. The van der Waals surface area contributed by atoms with Crippen molar-refractivity contribution < 1.29 is 19.1 Å². The highest BCUT2D eigenvalue weighted by atomic mass is 16.5. The Morgan fingerprint density at radius 2 is 2.11 bits per heavy atom. The molecule has 2 N–H and O–H groups in total. The number of anilines is 1. The largest absolute Gasteiger partial charge is 0.479 e. The lowest BCUT2D eigenvalue weighted by atomic mass is 10.1. The van der Waals surface area contributed by atoms with Crippen LogP contribution in [0.1, 0.15) is 19.4 Å². The number of hydrogen-bond acceptors (Lipinski definition) is 5. The lowest BCUT2D eigenvalue weighted by Crippen LogP contribution is -2.49. The highest BCUT2D eigenvalue weighted by Gasteiger charge is 2.37. The maximum atomic E-state index is 12.0. The standard InChI is InChI=1S/C13H14N2O4/c1-7(16)12(17)15-10-5-9(6-14)3-4-11(10)19-8(2)13(15)18/h3-5,8H,6,14H2,1-2H3. The van der Waals surface area contributed by atoms with Crippen LogP contribution in [0.2, 0.25) is 0 Å². The van der Waals surface area contributed by atoms with Crippen LogP contribution in [0.4, 0.5) is 5.69 Å². The van der Waals surface area contributed by atoms with Gasteiger partial charge in [0.05, 0.1) is 5.69 Å². The zero-order chi connectivity index (χ0) is 14.2. The molecule has 1 aliphatic rings. The van der Waals surface area contributed by atoms with Crippen LogP contribution >= 0.6 is 0 Å². The van der Waals surface area contributed by atoms with Gasteiger partial charge in [0.2, 0.25) is 5.78 Å². The minimum atomic E-state index is -0.865. The maximum absolute atomic E-state index is 12.0. The monoisotopic (exact) mass is 262 g/mol. The van der Waals surface area contributed by atoms with Crippen LogP contribution in [0.5, 0.6) is 5.75 Å². The molecule has 2 rings (SSSR count). The lowest BCUT2D eigenvalue weighted by Gasteiger charge is -2.31. The summed E-state index contributed by atoms with van der Waals surface area (Å²) in [6.45, 7) is 2.92.